The van der Waals surface area contributed by atoms with Crippen molar-refractivity contribution in [2.45, 2.75) is 57.1 Å². The average molecular weight is 478 g/mol. The minimum Gasteiger partial charge on any atom is -0.469 e. The third-order valence-corrected chi connectivity index (χ3v) is 4.42. The third kappa shape index (κ3) is 9.23. The van der Waals surface area contributed by atoms with Gasteiger partial charge in [0.15, 0.2) is 5.96 Å². The van der Waals surface area contributed by atoms with Crippen LogP contribution in [0.2, 0.25) is 0 Å². The third-order valence-electron chi connectivity index (χ3n) is 4.42. The molecule has 26 heavy (non-hydrogen) atoms. The second kappa shape index (κ2) is 11.8. The van der Waals surface area contributed by atoms with Gasteiger partial charge in [-0.05, 0) is 46.0 Å². The summed E-state index contributed by atoms with van der Waals surface area (Å²) in [5.74, 6) is 1.75. The first kappa shape index (κ1) is 23.2. The van der Waals surface area contributed by atoms with Gasteiger partial charge < -0.3 is 25.1 Å². The summed E-state index contributed by atoms with van der Waals surface area (Å²) in [7, 11) is 3.92. The topological polar surface area (TPSA) is 73.0 Å². The van der Waals surface area contributed by atoms with Crippen LogP contribution in [-0.2, 0) is 6.42 Å². The molecule has 7 heteroatoms. The van der Waals surface area contributed by atoms with Crippen molar-refractivity contribution >= 4 is 29.9 Å². The highest BCUT2D eigenvalue weighted by molar-refractivity contribution is 14.0. The van der Waals surface area contributed by atoms with Gasteiger partial charge in [0.2, 0.25) is 0 Å². The predicted molar refractivity (Wildman–Crippen MR) is 117 cm³/mol. The van der Waals surface area contributed by atoms with Crippen LogP contribution in [-0.4, -0.2) is 61.3 Å². The Labute approximate surface area is 174 Å². The monoisotopic (exact) mass is 478 g/mol. The fourth-order valence-electron chi connectivity index (χ4n) is 3.33. The summed E-state index contributed by atoms with van der Waals surface area (Å²) in [5.41, 5.74) is -0.842. The van der Waals surface area contributed by atoms with Crippen molar-refractivity contribution in [2.24, 2.45) is 4.99 Å². The minimum absolute atomic E-state index is 0. The zero-order valence-corrected chi connectivity index (χ0v) is 18.7. The molecular weight excluding hydrogens is 443 g/mol. The summed E-state index contributed by atoms with van der Waals surface area (Å²) < 4.78 is 5.38. The van der Waals surface area contributed by atoms with Gasteiger partial charge in [0, 0.05) is 25.6 Å². The number of furan rings is 1. The van der Waals surface area contributed by atoms with Crippen molar-refractivity contribution in [2.75, 3.05) is 33.7 Å². The molecule has 1 aliphatic rings. The van der Waals surface area contributed by atoms with E-state index in [4.69, 9.17) is 4.42 Å². The Morgan fingerprint density at radius 3 is 2.69 bits per heavy atom. The van der Waals surface area contributed by atoms with Crippen molar-refractivity contribution in [1.29, 1.82) is 0 Å². The largest absolute Gasteiger partial charge is 0.469 e. The summed E-state index contributed by atoms with van der Waals surface area (Å²) >= 11 is 0. The molecule has 0 amide bonds. The zero-order valence-electron chi connectivity index (χ0n) is 16.3. The molecule has 150 valence electrons. The normalized spacial score (nSPS) is 18.3. The second-order valence-corrected chi connectivity index (χ2v) is 7.63. The summed E-state index contributed by atoms with van der Waals surface area (Å²) in [6.45, 7) is 3.53. The van der Waals surface area contributed by atoms with Crippen molar-refractivity contribution in [3.8, 4) is 0 Å². The highest BCUT2D eigenvalue weighted by atomic mass is 127. The maximum absolute atomic E-state index is 10.5. The molecule has 1 aliphatic carbocycles. The van der Waals surface area contributed by atoms with E-state index in [0.717, 1.165) is 24.7 Å². The molecule has 0 spiro atoms. The Morgan fingerprint density at radius 2 is 2.08 bits per heavy atom. The molecule has 1 saturated carbocycles. The van der Waals surface area contributed by atoms with Crippen LogP contribution in [0, 0.1) is 0 Å². The number of nitrogens with one attached hydrogen (secondary N) is 2. The first-order valence-corrected chi connectivity index (χ1v) is 9.39. The van der Waals surface area contributed by atoms with Crippen LogP contribution in [0.5, 0.6) is 0 Å². The summed E-state index contributed by atoms with van der Waals surface area (Å²) in [6, 6.07) is 4.36. The number of rotatable bonds is 8. The van der Waals surface area contributed by atoms with E-state index in [0.29, 0.717) is 19.1 Å². The van der Waals surface area contributed by atoms with Gasteiger partial charge >= 0.3 is 0 Å². The van der Waals surface area contributed by atoms with Crippen LogP contribution in [0.1, 0.15) is 44.8 Å². The summed E-state index contributed by atoms with van der Waals surface area (Å²) in [6.07, 6.45) is 8.76. The molecule has 0 bridgehead atoms. The van der Waals surface area contributed by atoms with E-state index in [2.05, 4.69) is 15.6 Å². The maximum atomic E-state index is 10.5. The maximum Gasteiger partial charge on any atom is 0.191 e. The molecule has 2 rings (SSSR count). The van der Waals surface area contributed by atoms with Crippen molar-refractivity contribution in [3.63, 3.8) is 0 Å². The van der Waals surface area contributed by atoms with Crippen LogP contribution in [0.15, 0.2) is 27.8 Å². The molecule has 0 aromatic carbocycles. The van der Waals surface area contributed by atoms with E-state index in [1.165, 1.54) is 32.1 Å². The molecule has 0 radical (unpaired) electrons. The lowest BCUT2D eigenvalue weighted by Gasteiger charge is -2.27. The molecule has 6 nitrogen and oxygen atoms in total. The van der Waals surface area contributed by atoms with E-state index < -0.39 is 5.60 Å². The molecule has 1 aromatic heterocycles. The lowest BCUT2D eigenvalue weighted by atomic mass is 9.96. The number of hydrogen-bond donors (Lipinski definition) is 3. The average Bonchev–Trinajstić information content (AvgIpc) is 3.06. The first-order chi connectivity index (χ1) is 11.9. The van der Waals surface area contributed by atoms with Gasteiger partial charge in [-0.15, -0.1) is 24.0 Å². The van der Waals surface area contributed by atoms with E-state index in [1.807, 2.05) is 38.1 Å². The van der Waals surface area contributed by atoms with Gasteiger partial charge in [-0.25, -0.2) is 0 Å². The van der Waals surface area contributed by atoms with E-state index >= 15 is 0 Å². The molecule has 1 unspecified atom stereocenters. The molecule has 1 atom stereocenters. The lowest BCUT2D eigenvalue weighted by molar-refractivity contribution is 0.0423. The first-order valence-electron chi connectivity index (χ1n) is 9.39. The number of halogens is 1. The van der Waals surface area contributed by atoms with E-state index in [-0.39, 0.29) is 24.0 Å². The molecular formula is C19H35IN4O2. The highest BCUT2D eigenvalue weighted by Gasteiger charge is 2.22. The quantitative estimate of drug-likeness (QED) is 0.305. The van der Waals surface area contributed by atoms with Gasteiger partial charge in [0.1, 0.15) is 5.76 Å². The van der Waals surface area contributed by atoms with Gasteiger partial charge in [0.05, 0.1) is 18.4 Å². The SMILES string of the molecule is CN(C)CC(C)(O)CN=C(NCCc1ccco1)NC1CCCCC1.I. The highest BCUT2D eigenvalue weighted by Crippen LogP contribution is 2.17. The number of aliphatic imine (C=N–C) groups is 1. The number of hydrogen-bond acceptors (Lipinski definition) is 4. The Bertz CT molecular complexity index is 512. The molecule has 0 aliphatic heterocycles. The van der Waals surface area contributed by atoms with Crippen LogP contribution in [0.4, 0.5) is 0 Å². The number of likely N-dealkylation sites (N-methyl/N-ethyl adjacent to an activating group) is 1. The molecule has 1 heterocycles. The van der Waals surface area contributed by atoms with Crippen LogP contribution >= 0.6 is 24.0 Å². The van der Waals surface area contributed by atoms with Crippen LogP contribution < -0.4 is 10.6 Å². The smallest absolute Gasteiger partial charge is 0.191 e. The van der Waals surface area contributed by atoms with Crippen molar-refractivity contribution in [3.05, 3.63) is 24.2 Å². The summed E-state index contributed by atoms with van der Waals surface area (Å²) in [5, 5.41) is 17.4. The molecule has 1 fully saturated rings. The van der Waals surface area contributed by atoms with Crippen molar-refractivity contribution < 1.29 is 9.52 Å². The Kier molecular flexibility index (Phi) is 10.6. The van der Waals surface area contributed by atoms with Crippen LogP contribution in [0.25, 0.3) is 0 Å². The number of aliphatic hydroxyl groups is 1. The minimum atomic E-state index is -0.842. The van der Waals surface area contributed by atoms with Crippen LogP contribution in [0.3, 0.4) is 0 Å². The number of guanidine groups is 1. The zero-order chi connectivity index (χ0) is 18.1. The van der Waals surface area contributed by atoms with Gasteiger partial charge in [-0.1, -0.05) is 19.3 Å². The van der Waals surface area contributed by atoms with E-state index in [9.17, 15) is 5.11 Å². The van der Waals surface area contributed by atoms with Gasteiger partial charge in [-0.2, -0.15) is 0 Å². The second-order valence-electron chi connectivity index (χ2n) is 7.63. The fourth-order valence-corrected chi connectivity index (χ4v) is 3.33. The summed E-state index contributed by atoms with van der Waals surface area (Å²) in [4.78, 5) is 6.63. The fraction of sp³-hybridized carbons (Fsp3) is 0.737. The molecule has 1 aromatic rings. The van der Waals surface area contributed by atoms with E-state index in [1.54, 1.807) is 6.26 Å². The Morgan fingerprint density at radius 1 is 1.35 bits per heavy atom. The molecule has 3 N–H and O–H groups in total. The number of nitrogens with zero attached hydrogens (tertiary/aromatic N) is 2. The molecule has 0 saturated heterocycles. The standard InChI is InChI=1S/C19H34N4O2.HI/c1-19(24,15-23(2)3)14-21-18(22-16-8-5-4-6-9-16)20-12-11-17-10-7-13-25-17;/h7,10,13,16,24H,4-6,8-9,11-12,14-15H2,1-3H3,(H2,20,21,22);1H. The Hall–Kier alpha value is -0.800. The van der Waals surface area contributed by atoms with Gasteiger partial charge in [-0.3, -0.25) is 4.99 Å². The van der Waals surface area contributed by atoms with Crippen molar-refractivity contribution in [1.82, 2.24) is 15.5 Å². The Balaban J connectivity index is 0.00000338. The van der Waals surface area contributed by atoms with Gasteiger partial charge in [0.25, 0.3) is 0 Å². The predicted octanol–water partition coefficient (Wildman–Crippen LogP) is 2.62. The lowest BCUT2D eigenvalue weighted by Crippen LogP contribution is -2.46.